The Bertz CT molecular complexity index is 635. The molecule has 1 N–H and O–H groups in total. The summed E-state index contributed by atoms with van der Waals surface area (Å²) in [7, 11) is 0. The van der Waals surface area contributed by atoms with E-state index < -0.39 is 5.97 Å². The highest BCUT2D eigenvalue weighted by atomic mass is 32.2. The number of thioether (sulfide) groups is 1. The zero-order chi connectivity index (χ0) is 14.1. The van der Waals surface area contributed by atoms with Crippen molar-refractivity contribution in [2.24, 2.45) is 0 Å². The van der Waals surface area contributed by atoms with Crippen LogP contribution in [-0.2, 0) is 11.2 Å². The molecular formula is C13H15N3O2S2. The molecule has 0 bridgehead atoms. The minimum atomic E-state index is -0.831. The lowest BCUT2D eigenvalue weighted by atomic mass is 9.94. The summed E-state index contributed by atoms with van der Waals surface area (Å²) in [6.45, 7) is 1.93. The molecule has 0 radical (unpaired) electrons. The number of aryl methyl sites for hydroxylation is 2. The Balaban J connectivity index is 1.95. The molecule has 0 amide bonds. The average molecular weight is 309 g/mol. The van der Waals surface area contributed by atoms with E-state index in [1.807, 2.05) is 6.92 Å². The summed E-state index contributed by atoms with van der Waals surface area (Å²) in [6, 6.07) is 2.42. The van der Waals surface area contributed by atoms with E-state index in [-0.39, 0.29) is 11.8 Å². The van der Waals surface area contributed by atoms with Gasteiger partial charge in [-0.25, -0.2) is 0 Å². The normalized spacial score (nSPS) is 17.9. The highest BCUT2D eigenvalue weighted by molar-refractivity contribution is 7.99. The molecule has 1 unspecified atom stereocenters. The molecule has 7 heteroatoms. The van der Waals surface area contributed by atoms with Crippen LogP contribution in [0.15, 0.2) is 16.6 Å². The van der Waals surface area contributed by atoms with Crippen LogP contribution in [0.1, 0.15) is 35.1 Å². The first kappa shape index (κ1) is 13.6. The monoisotopic (exact) mass is 309 g/mol. The fraction of sp³-hybridized carbons (Fsp3) is 0.462. The predicted octanol–water partition coefficient (Wildman–Crippen LogP) is 2.75. The Labute approximate surface area is 125 Å². The van der Waals surface area contributed by atoms with Crippen LogP contribution in [0.5, 0.6) is 0 Å². The van der Waals surface area contributed by atoms with Crippen LogP contribution < -0.4 is 0 Å². The number of hydrogen-bond donors (Lipinski definition) is 1. The summed E-state index contributed by atoms with van der Waals surface area (Å²) in [4.78, 5) is 12.2. The molecule has 106 valence electrons. The van der Waals surface area contributed by atoms with Crippen molar-refractivity contribution in [2.45, 2.75) is 37.4 Å². The van der Waals surface area contributed by atoms with Crippen LogP contribution in [-0.4, -0.2) is 31.6 Å². The number of fused-ring (bicyclic) bond motifs is 1. The standard InChI is InChI=1S/C13H15N3O2S2/c1-8-14-15-13(20-7-12(17)18)16(8)10-3-2-4-11-9(10)5-6-19-11/h5-6,10H,2-4,7H2,1H3,(H,17,18). The molecule has 5 nitrogen and oxygen atoms in total. The van der Waals surface area contributed by atoms with Crippen LogP contribution >= 0.6 is 23.1 Å². The second kappa shape index (κ2) is 5.57. The second-order valence-electron chi connectivity index (χ2n) is 4.79. The van der Waals surface area contributed by atoms with Gasteiger partial charge in [0.15, 0.2) is 5.16 Å². The van der Waals surface area contributed by atoms with Crippen molar-refractivity contribution >= 4 is 29.1 Å². The first-order valence-electron chi connectivity index (χ1n) is 6.49. The third kappa shape index (κ3) is 2.47. The number of aromatic nitrogens is 3. The van der Waals surface area contributed by atoms with Crippen molar-refractivity contribution in [3.8, 4) is 0 Å². The van der Waals surface area contributed by atoms with Gasteiger partial charge in [0.05, 0.1) is 11.8 Å². The molecule has 0 aromatic carbocycles. The molecule has 1 aliphatic rings. The van der Waals surface area contributed by atoms with Gasteiger partial charge in [-0.1, -0.05) is 11.8 Å². The summed E-state index contributed by atoms with van der Waals surface area (Å²) in [5, 5.41) is 19.9. The van der Waals surface area contributed by atoms with E-state index in [2.05, 4.69) is 26.2 Å². The van der Waals surface area contributed by atoms with Crippen molar-refractivity contribution in [3.05, 3.63) is 27.7 Å². The van der Waals surface area contributed by atoms with Crippen LogP contribution in [0.2, 0.25) is 0 Å². The molecule has 0 saturated carbocycles. The zero-order valence-corrected chi connectivity index (χ0v) is 12.7. The van der Waals surface area contributed by atoms with Gasteiger partial charge in [-0.15, -0.1) is 21.5 Å². The number of aliphatic carboxylic acids is 1. The van der Waals surface area contributed by atoms with Crippen molar-refractivity contribution in [1.82, 2.24) is 14.8 Å². The van der Waals surface area contributed by atoms with Gasteiger partial charge in [0, 0.05) is 4.88 Å². The molecule has 2 aromatic heterocycles. The number of nitrogens with zero attached hydrogens (tertiary/aromatic N) is 3. The molecule has 0 aliphatic heterocycles. The number of carboxylic acid groups (broad SMARTS) is 1. The number of rotatable bonds is 4. The van der Waals surface area contributed by atoms with E-state index in [9.17, 15) is 4.79 Å². The van der Waals surface area contributed by atoms with Gasteiger partial charge < -0.3 is 5.11 Å². The molecule has 1 atom stereocenters. The van der Waals surface area contributed by atoms with E-state index in [1.165, 1.54) is 22.2 Å². The Morgan fingerprint density at radius 2 is 2.45 bits per heavy atom. The minimum Gasteiger partial charge on any atom is -0.481 e. The number of carbonyl (C=O) groups is 1. The molecule has 1 aliphatic carbocycles. The van der Waals surface area contributed by atoms with E-state index in [4.69, 9.17) is 5.11 Å². The average Bonchev–Trinajstić information content (AvgIpc) is 3.02. The van der Waals surface area contributed by atoms with E-state index in [0.29, 0.717) is 5.16 Å². The summed E-state index contributed by atoms with van der Waals surface area (Å²) in [6.07, 6.45) is 3.35. The minimum absolute atomic E-state index is 0.0152. The quantitative estimate of drug-likeness (QED) is 0.880. The van der Waals surface area contributed by atoms with Gasteiger partial charge in [0.25, 0.3) is 0 Å². The number of carboxylic acids is 1. The van der Waals surface area contributed by atoms with Crippen molar-refractivity contribution in [1.29, 1.82) is 0 Å². The summed E-state index contributed by atoms with van der Waals surface area (Å²) < 4.78 is 2.10. The summed E-state index contributed by atoms with van der Waals surface area (Å²) in [5.41, 5.74) is 1.35. The van der Waals surface area contributed by atoms with Crippen molar-refractivity contribution in [3.63, 3.8) is 0 Å². The lowest BCUT2D eigenvalue weighted by molar-refractivity contribution is -0.133. The number of thiophene rings is 1. The topological polar surface area (TPSA) is 68.0 Å². The molecule has 2 aromatic rings. The zero-order valence-electron chi connectivity index (χ0n) is 11.1. The van der Waals surface area contributed by atoms with Gasteiger partial charge in [-0.3, -0.25) is 9.36 Å². The first-order valence-corrected chi connectivity index (χ1v) is 8.35. The Hall–Kier alpha value is -1.34. The molecule has 3 rings (SSSR count). The first-order chi connectivity index (χ1) is 9.66. The highest BCUT2D eigenvalue weighted by Gasteiger charge is 2.26. The maximum Gasteiger partial charge on any atom is 0.313 e. The van der Waals surface area contributed by atoms with Crippen molar-refractivity contribution in [2.75, 3.05) is 5.75 Å². The van der Waals surface area contributed by atoms with Crippen LogP contribution in [0.4, 0.5) is 0 Å². The Morgan fingerprint density at radius 1 is 1.60 bits per heavy atom. The molecule has 20 heavy (non-hydrogen) atoms. The fourth-order valence-corrected chi connectivity index (χ4v) is 4.39. The van der Waals surface area contributed by atoms with Gasteiger partial charge in [-0.2, -0.15) is 0 Å². The van der Waals surface area contributed by atoms with Crippen LogP contribution in [0.25, 0.3) is 0 Å². The lowest BCUT2D eigenvalue weighted by Crippen LogP contribution is -2.18. The molecular weight excluding hydrogens is 294 g/mol. The molecule has 2 heterocycles. The predicted molar refractivity (Wildman–Crippen MR) is 78.5 cm³/mol. The van der Waals surface area contributed by atoms with Crippen LogP contribution in [0.3, 0.4) is 0 Å². The smallest absolute Gasteiger partial charge is 0.313 e. The van der Waals surface area contributed by atoms with Crippen LogP contribution in [0, 0.1) is 6.92 Å². The summed E-state index contributed by atoms with van der Waals surface area (Å²) >= 11 is 3.04. The van der Waals surface area contributed by atoms with E-state index >= 15 is 0 Å². The Morgan fingerprint density at radius 3 is 3.25 bits per heavy atom. The largest absolute Gasteiger partial charge is 0.481 e. The van der Waals surface area contributed by atoms with Gasteiger partial charge in [0.2, 0.25) is 0 Å². The Kier molecular flexibility index (Phi) is 3.80. The fourth-order valence-electron chi connectivity index (χ4n) is 2.66. The summed E-state index contributed by atoms with van der Waals surface area (Å²) in [5.74, 6) is 0.0328. The van der Waals surface area contributed by atoms with Crippen molar-refractivity contribution < 1.29 is 9.90 Å². The van der Waals surface area contributed by atoms with E-state index in [1.54, 1.807) is 11.3 Å². The maximum atomic E-state index is 10.7. The highest BCUT2D eigenvalue weighted by Crippen LogP contribution is 2.38. The van der Waals surface area contributed by atoms with Gasteiger partial charge in [-0.05, 0) is 43.2 Å². The molecule has 0 fully saturated rings. The maximum absolute atomic E-state index is 10.7. The lowest BCUT2D eigenvalue weighted by Gasteiger charge is -2.25. The van der Waals surface area contributed by atoms with Gasteiger partial charge >= 0.3 is 5.97 Å². The SMILES string of the molecule is Cc1nnc(SCC(=O)O)n1C1CCCc2sccc21. The van der Waals surface area contributed by atoms with Gasteiger partial charge in [0.1, 0.15) is 5.82 Å². The third-order valence-electron chi connectivity index (χ3n) is 3.49. The third-order valence-corrected chi connectivity index (χ3v) is 5.42. The second-order valence-corrected chi connectivity index (χ2v) is 6.73. The van der Waals surface area contributed by atoms with E-state index in [0.717, 1.165) is 25.1 Å². The molecule has 0 saturated heterocycles. The molecule has 0 spiro atoms. The number of hydrogen-bond acceptors (Lipinski definition) is 5.